The first kappa shape index (κ1) is 16.7. The Hall–Kier alpha value is -2.74. The summed E-state index contributed by atoms with van der Waals surface area (Å²) in [5.41, 5.74) is 1.73. The van der Waals surface area contributed by atoms with Crippen LogP contribution in [-0.4, -0.2) is 48.0 Å². The van der Waals surface area contributed by atoms with E-state index in [1.165, 1.54) is 0 Å². The van der Waals surface area contributed by atoms with E-state index in [4.69, 9.17) is 0 Å². The summed E-state index contributed by atoms with van der Waals surface area (Å²) in [7, 11) is -1.12. The summed E-state index contributed by atoms with van der Waals surface area (Å²) in [6.07, 6.45) is 4.03. The van der Waals surface area contributed by atoms with Crippen LogP contribution in [0.1, 0.15) is 6.42 Å². The highest BCUT2D eigenvalue weighted by Gasteiger charge is 2.31. The Morgan fingerprint density at radius 3 is 2.77 bits per heavy atom. The molecule has 134 valence electrons. The number of rotatable bonds is 4. The van der Waals surface area contributed by atoms with E-state index in [0.29, 0.717) is 18.2 Å². The zero-order valence-corrected chi connectivity index (χ0v) is 15.1. The fourth-order valence-corrected chi connectivity index (χ4v) is 4.95. The van der Waals surface area contributed by atoms with E-state index in [2.05, 4.69) is 20.3 Å². The van der Waals surface area contributed by atoms with E-state index in [9.17, 15) is 8.42 Å². The van der Waals surface area contributed by atoms with Gasteiger partial charge in [-0.05, 0) is 24.6 Å². The number of nitrogens with one attached hydrogen (secondary N) is 1. The number of aromatic nitrogens is 3. The highest BCUT2D eigenvalue weighted by atomic mass is 32.2. The summed E-state index contributed by atoms with van der Waals surface area (Å²) in [6, 6.07) is 11.5. The van der Waals surface area contributed by atoms with Crippen LogP contribution >= 0.6 is 0 Å². The first-order valence-corrected chi connectivity index (χ1v) is 10.2. The van der Waals surface area contributed by atoms with Crippen LogP contribution in [0.5, 0.6) is 0 Å². The van der Waals surface area contributed by atoms with Gasteiger partial charge in [0.25, 0.3) is 0 Å². The third-order valence-electron chi connectivity index (χ3n) is 4.61. The fraction of sp³-hybridized carbons (Fsp3) is 0.278. The van der Waals surface area contributed by atoms with E-state index in [1.807, 2.05) is 42.3 Å². The van der Waals surface area contributed by atoms with Crippen molar-refractivity contribution in [2.45, 2.75) is 12.5 Å². The minimum atomic E-state index is -2.95. The van der Waals surface area contributed by atoms with E-state index in [0.717, 1.165) is 16.6 Å². The molecular weight excluding hydrogens is 350 g/mol. The SMILES string of the molecule is CN(c1nccc(Nc2cccc3cccnc23)n1)C1CCS(=O)(=O)C1. The highest BCUT2D eigenvalue weighted by molar-refractivity contribution is 7.91. The maximum absolute atomic E-state index is 11.7. The highest BCUT2D eigenvalue weighted by Crippen LogP contribution is 2.25. The monoisotopic (exact) mass is 369 g/mol. The number of hydrogen-bond donors (Lipinski definition) is 1. The smallest absolute Gasteiger partial charge is 0.227 e. The second-order valence-electron chi connectivity index (χ2n) is 6.42. The number of benzene rings is 1. The van der Waals surface area contributed by atoms with Crippen molar-refractivity contribution in [1.82, 2.24) is 15.0 Å². The number of hydrogen-bond acceptors (Lipinski definition) is 7. The summed E-state index contributed by atoms with van der Waals surface area (Å²) in [5, 5.41) is 4.33. The molecule has 3 heterocycles. The summed E-state index contributed by atoms with van der Waals surface area (Å²) in [6.45, 7) is 0. The third kappa shape index (κ3) is 3.32. The molecule has 4 rings (SSSR count). The van der Waals surface area contributed by atoms with E-state index >= 15 is 0 Å². The topological polar surface area (TPSA) is 88.1 Å². The molecule has 0 bridgehead atoms. The van der Waals surface area contributed by atoms with E-state index in [1.54, 1.807) is 18.5 Å². The van der Waals surface area contributed by atoms with Crippen molar-refractivity contribution in [2.24, 2.45) is 0 Å². The van der Waals surface area contributed by atoms with Crippen LogP contribution in [0.25, 0.3) is 10.9 Å². The Balaban J connectivity index is 1.60. The van der Waals surface area contributed by atoms with Crippen molar-refractivity contribution in [3.8, 4) is 0 Å². The zero-order valence-electron chi connectivity index (χ0n) is 14.3. The number of fused-ring (bicyclic) bond motifs is 1. The van der Waals surface area contributed by atoms with Crippen LogP contribution < -0.4 is 10.2 Å². The Morgan fingerprint density at radius 1 is 1.12 bits per heavy atom. The van der Waals surface area contributed by atoms with Gasteiger partial charge in [-0.3, -0.25) is 4.98 Å². The van der Waals surface area contributed by atoms with Gasteiger partial charge in [0, 0.05) is 30.9 Å². The minimum Gasteiger partial charge on any atom is -0.340 e. The molecule has 8 heteroatoms. The lowest BCUT2D eigenvalue weighted by molar-refractivity contribution is 0.600. The number of pyridine rings is 1. The summed E-state index contributed by atoms with van der Waals surface area (Å²) in [5.74, 6) is 1.52. The summed E-state index contributed by atoms with van der Waals surface area (Å²) < 4.78 is 23.4. The van der Waals surface area contributed by atoms with Gasteiger partial charge in [-0.2, -0.15) is 4.98 Å². The molecule has 0 spiro atoms. The van der Waals surface area contributed by atoms with Crippen LogP contribution in [0.15, 0.2) is 48.8 Å². The van der Waals surface area contributed by atoms with Gasteiger partial charge in [0.2, 0.25) is 5.95 Å². The van der Waals surface area contributed by atoms with Crippen molar-refractivity contribution in [2.75, 3.05) is 28.8 Å². The van der Waals surface area contributed by atoms with Crippen molar-refractivity contribution >= 4 is 38.2 Å². The molecule has 1 aliphatic heterocycles. The molecule has 26 heavy (non-hydrogen) atoms. The maximum Gasteiger partial charge on any atom is 0.227 e. The van der Waals surface area contributed by atoms with Crippen LogP contribution in [0, 0.1) is 0 Å². The van der Waals surface area contributed by atoms with E-state index < -0.39 is 9.84 Å². The van der Waals surface area contributed by atoms with Gasteiger partial charge in [0.05, 0.1) is 22.7 Å². The van der Waals surface area contributed by atoms with Gasteiger partial charge in [-0.1, -0.05) is 18.2 Å². The predicted octanol–water partition coefficient (Wildman–Crippen LogP) is 2.39. The molecule has 3 aromatic rings. The van der Waals surface area contributed by atoms with Crippen molar-refractivity contribution < 1.29 is 8.42 Å². The summed E-state index contributed by atoms with van der Waals surface area (Å²) in [4.78, 5) is 15.1. The van der Waals surface area contributed by atoms with Gasteiger partial charge in [-0.25, -0.2) is 13.4 Å². The molecule has 0 amide bonds. The lowest BCUT2D eigenvalue weighted by Gasteiger charge is -2.23. The van der Waals surface area contributed by atoms with Gasteiger partial charge in [-0.15, -0.1) is 0 Å². The molecule has 1 fully saturated rings. The maximum atomic E-state index is 11.7. The molecular formula is C18H19N5O2S. The summed E-state index contributed by atoms with van der Waals surface area (Å²) >= 11 is 0. The van der Waals surface area contributed by atoms with Gasteiger partial charge in [0.1, 0.15) is 5.82 Å². The Bertz CT molecular complexity index is 1050. The van der Waals surface area contributed by atoms with Gasteiger partial charge >= 0.3 is 0 Å². The number of para-hydroxylation sites is 1. The minimum absolute atomic E-state index is 0.0885. The van der Waals surface area contributed by atoms with E-state index in [-0.39, 0.29) is 17.5 Å². The molecule has 2 aromatic heterocycles. The lowest BCUT2D eigenvalue weighted by Crippen LogP contribution is -2.33. The number of anilines is 3. The molecule has 1 saturated heterocycles. The third-order valence-corrected chi connectivity index (χ3v) is 6.36. The zero-order chi connectivity index (χ0) is 18.1. The Labute approximate surface area is 152 Å². The first-order valence-electron chi connectivity index (χ1n) is 8.39. The molecule has 1 N–H and O–H groups in total. The van der Waals surface area contributed by atoms with Crippen LogP contribution in [0.2, 0.25) is 0 Å². The fourth-order valence-electron chi connectivity index (χ4n) is 3.18. The molecule has 1 unspecified atom stereocenters. The molecule has 7 nitrogen and oxygen atoms in total. The van der Waals surface area contributed by atoms with Crippen LogP contribution in [-0.2, 0) is 9.84 Å². The largest absolute Gasteiger partial charge is 0.340 e. The quantitative estimate of drug-likeness (QED) is 0.755. The average Bonchev–Trinajstić information content (AvgIpc) is 3.01. The second kappa shape index (κ2) is 6.53. The van der Waals surface area contributed by atoms with Crippen molar-refractivity contribution in [3.05, 3.63) is 48.8 Å². The Morgan fingerprint density at radius 2 is 1.96 bits per heavy atom. The molecule has 0 saturated carbocycles. The second-order valence-corrected chi connectivity index (χ2v) is 8.64. The molecule has 1 aliphatic rings. The molecule has 0 radical (unpaired) electrons. The van der Waals surface area contributed by atoms with Crippen molar-refractivity contribution in [3.63, 3.8) is 0 Å². The predicted molar refractivity (Wildman–Crippen MR) is 103 cm³/mol. The molecule has 1 aromatic carbocycles. The van der Waals surface area contributed by atoms with Gasteiger partial charge in [0.15, 0.2) is 9.84 Å². The molecule has 0 aliphatic carbocycles. The molecule has 1 atom stereocenters. The van der Waals surface area contributed by atoms with Crippen molar-refractivity contribution in [1.29, 1.82) is 0 Å². The first-order chi connectivity index (χ1) is 12.5. The van der Waals surface area contributed by atoms with Gasteiger partial charge < -0.3 is 10.2 Å². The van der Waals surface area contributed by atoms with Crippen LogP contribution in [0.4, 0.5) is 17.5 Å². The standard InChI is InChI=1S/C18H19N5O2S/c1-23(14-8-11-26(24,25)12-14)18-20-10-7-16(22-18)21-15-6-2-4-13-5-3-9-19-17(13)15/h2-7,9-10,14H,8,11-12H2,1H3,(H,20,21,22). The normalized spacial score (nSPS) is 18.7. The average molecular weight is 369 g/mol. The van der Waals surface area contributed by atoms with Crippen LogP contribution in [0.3, 0.4) is 0 Å². The number of sulfone groups is 1. The lowest BCUT2D eigenvalue weighted by atomic mass is 10.2. The number of nitrogens with zero attached hydrogens (tertiary/aromatic N) is 4. The Kier molecular flexibility index (Phi) is 4.20.